The molecule has 1 saturated carbocycles. The average Bonchev–Trinajstić information content (AvgIpc) is 3.70. The van der Waals surface area contributed by atoms with E-state index in [1.807, 2.05) is 18.2 Å². The van der Waals surface area contributed by atoms with Crippen molar-refractivity contribution >= 4 is 21.6 Å². The Kier molecular flexibility index (Phi) is 7.51. The van der Waals surface area contributed by atoms with Gasteiger partial charge in [-0.3, -0.25) is 4.79 Å². The molecule has 180 valence electrons. The SMILES string of the molecule is N#Cc1cc(-c2ccnc(Cc3ccc(CS(=O)(=O)NCCO)cc3)n2)ccc1NC(=O)C1CC1. The molecule has 3 aromatic rings. The predicted octanol–water partition coefficient (Wildman–Crippen LogP) is 2.37. The Morgan fingerprint density at radius 1 is 1.11 bits per heavy atom. The number of amides is 1. The number of carbonyl (C=O) groups is 1. The summed E-state index contributed by atoms with van der Waals surface area (Å²) >= 11 is 0. The van der Waals surface area contributed by atoms with Crippen LogP contribution in [-0.4, -0.2) is 42.6 Å². The number of anilines is 1. The van der Waals surface area contributed by atoms with Crippen molar-refractivity contribution in [1.29, 1.82) is 5.26 Å². The highest BCUT2D eigenvalue weighted by Gasteiger charge is 2.30. The molecule has 1 aliphatic carbocycles. The monoisotopic (exact) mass is 491 g/mol. The Bertz CT molecular complexity index is 1360. The first-order chi connectivity index (χ1) is 16.9. The number of hydrogen-bond donors (Lipinski definition) is 3. The number of rotatable bonds is 10. The third-order valence-corrected chi connectivity index (χ3v) is 6.88. The smallest absolute Gasteiger partial charge is 0.227 e. The molecule has 10 heteroatoms. The second-order valence-electron chi connectivity index (χ2n) is 8.36. The van der Waals surface area contributed by atoms with Crippen molar-refractivity contribution in [3.05, 3.63) is 77.2 Å². The predicted molar refractivity (Wildman–Crippen MR) is 130 cm³/mol. The minimum Gasteiger partial charge on any atom is -0.395 e. The van der Waals surface area contributed by atoms with Crippen LogP contribution in [0.25, 0.3) is 11.3 Å². The van der Waals surface area contributed by atoms with Crippen LogP contribution in [0.4, 0.5) is 5.69 Å². The number of nitrogens with zero attached hydrogens (tertiary/aromatic N) is 3. The molecular weight excluding hydrogens is 466 g/mol. The van der Waals surface area contributed by atoms with Crippen LogP contribution in [0.3, 0.4) is 0 Å². The molecule has 1 aliphatic rings. The first-order valence-corrected chi connectivity index (χ1v) is 12.9. The van der Waals surface area contributed by atoms with Gasteiger partial charge in [-0.05, 0) is 42.2 Å². The Hall–Kier alpha value is -3.65. The first-order valence-electron chi connectivity index (χ1n) is 11.2. The van der Waals surface area contributed by atoms with Crippen molar-refractivity contribution in [3.8, 4) is 17.3 Å². The zero-order valence-corrected chi connectivity index (χ0v) is 19.8. The average molecular weight is 492 g/mol. The number of aromatic nitrogens is 2. The largest absolute Gasteiger partial charge is 0.395 e. The van der Waals surface area contributed by atoms with E-state index < -0.39 is 10.0 Å². The number of nitriles is 1. The van der Waals surface area contributed by atoms with E-state index in [2.05, 4.69) is 26.1 Å². The zero-order valence-electron chi connectivity index (χ0n) is 18.9. The lowest BCUT2D eigenvalue weighted by Gasteiger charge is -2.09. The molecule has 0 unspecified atom stereocenters. The summed E-state index contributed by atoms with van der Waals surface area (Å²) in [5.41, 5.74) is 3.82. The fourth-order valence-corrected chi connectivity index (χ4v) is 4.67. The summed E-state index contributed by atoms with van der Waals surface area (Å²) in [5, 5.41) is 21.2. The van der Waals surface area contributed by atoms with Gasteiger partial charge in [0.2, 0.25) is 15.9 Å². The highest BCUT2D eigenvalue weighted by molar-refractivity contribution is 7.88. The Balaban J connectivity index is 1.45. The number of nitrogens with one attached hydrogen (secondary N) is 2. The van der Waals surface area contributed by atoms with Crippen LogP contribution in [0.5, 0.6) is 0 Å². The first kappa shape index (κ1) is 24.5. The topological polar surface area (TPSA) is 145 Å². The van der Waals surface area contributed by atoms with Crippen molar-refractivity contribution in [3.63, 3.8) is 0 Å². The molecule has 35 heavy (non-hydrogen) atoms. The molecule has 0 radical (unpaired) electrons. The van der Waals surface area contributed by atoms with Gasteiger partial charge >= 0.3 is 0 Å². The van der Waals surface area contributed by atoms with Gasteiger partial charge < -0.3 is 10.4 Å². The van der Waals surface area contributed by atoms with Gasteiger partial charge in [0.15, 0.2) is 0 Å². The quantitative estimate of drug-likeness (QED) is 0.395. The molecule has 0 atom stereocenters. The molecule has 0 aliphatic heterocycles. The highest BCUT2D eigenvalue weighted by Crippen LogP contribution is 2.31. The maximum absolute atomic E-state index is 12.1. The van der Waals surface area contributed by atoms with E-state index >= 15 is 0 Å². The summed E-state index contributed by atoms with van der Waals surface area (Å²) in [6, 6.07) is 16.3. The second kappa shape index (κ2) is 10.7. The lowest BCUT2D eigenvalue weighted by molar-refractivity contribution is -0.117. The van der Waals surface area contributed by atoms with E-state index in [1.54, 1.807) is 36.5 Å². The minimum absolute atomic E-state index is 0.0121. The molecule has 1 heterocycles. The van der Waals surface area contributed by atoms with Gasteiger partial charge in [0.05, 0.1) is 29.3 Å². The molecule has 9 nitrogen and oxygen atoms in total. The fourth-order valence-electron chi connectivity index (χ4n) is 3.54. The molecule has 0 saturated heterocycles. The van der Waals surface area contributed by atoms with E-state index in [0.717, 1.165) is 24.0 Å². The van der Waals surface area contributed by atoms with Crippen LogP contribution < -0.4 is 10.0 Å². The molecule has 0 bridgehead atoms. The van der Waals surface area contributed by atoms with Gasteiger partial charge in [-0.25, -0.2) is 23.1 Å². The summed E-state index contributed by atoms with van der Waals surface area (Å²) in [6.07, 6.45) is 3.88. The number of hydrogen-bond acceptors (Lipinski definition) is 7. The van der Waals surface area contributed by atoms with Gasteiger partial charge in [-0.15, -0.1) is 0 Å². The Morgan fingerprint density at radius 2 is 1.86 bits per heavy atom. The van der Waals surface area contributed by atoms with Gasteiger partial charge in [-0.2, -0.15) is 5.26 Å². The van der Waals surface area contributed by atoms with Crippen LogP contribution in [0.1, 0.15) is 35.4 Å². The maximum Gasteiger partial charge on any atom is 0.227 e. The fraction of sp³-hybridized carbons (Fsp3) is 0.280. The Morgan fingerprint density at radius 3 is 2.54 bits per heavy atom. The van der Waals surface area contributed by atoms with Crippen molar-refractivity contribution in [2.24, 2.45) is 5.92 Å². The number of aliphatic hydroxyl groups excluding tert-OH is 1. The summed E-state index contributed by atoms with van der Waals surface area (Å²) in [7, 11) is -3.50. The van der Waals surface area contributed by atoms with Crippen LogP contribution in [0.2, 0.25) is 0 Å². The lowest BCUT2D eigenvalue weighted by Crippen LogP contribution is -2.27. The van der Waals surface area contributed by atoms with Crippen molar-refractivity contribution in [2.75, 3.05) is 18.5 Å². The van der Waals surface area contributed by atoms with E-state index in [4.69, 9.17) is 5.11 Å². The molecule has 4 rings (SSSR count). The molecule has 1 fully saturated rings. The molecule has 1 aromatic heterocycles. The van der Waals surface area contributed by atoms with Crippen molar-refractivity contribution in [2.45, 2.75) is 25.0 Å². The van der Waals surface area contributed by atoms with Crippen LogP contribution in [-0.2, 0) is 27.0 Å². The van der Waals surface area contributed by atoms with Gasteiger partial charge in [0, 0.05) is 30.6 Å². The molecule has 2 aromatic carbocycles. The standard InChI is InChI=1S/C25H25N5O4S/c26-15-21-14-20(7-8-22(21)30-25(32)19-5-6-19)23-9-10-27-24(29-23)13-17-1-3-18(4-2-17)16-35(33,34)28-11-12-31/h1-4,7-10,14,19,28,31H,5-6,11-13,16H2,(H,30,32). The second-order valence-corrected chi connectivity index (χ2v) is 10.2. The van der Waals surface area contributed by atoms with E-state index in [0.29, 0.717) is 34.8 Å². The summed E-state index contributed by atoms with van der Waals surface area (Å²) in [4.78, 5) is 21.0. The number of aliphatic hydroxyl groups is 1. The zero-order chi connectivity index (χ0) is 24.8. The molecule has 0 spiro atoms. The van der Waals surface area contributed by atoms with Crippen LogP contribution in [0.15, 0.2) is 54.7 Å². The lowest BCUT2D eigenvalue weighted by atomic mass is 10.1. The normalized spacial score (nSPS) is 13.3. The number of carbonyl (C=O) groups excluding carboxylic acids is 1. The van der Waals surface area contributed by atoms with Crippen LogP contribution in [0, 0.1) is 17.2 Å². The van der Waals surface area contributed by atoms with Gasteiger partial charge in [-0.1, -0.05) is 30.3 Å². The minimum atomic E-state index is -3.50. The Labute approximate surface area is 203 Å². The maximum atomic E-state index is 12.1. The van der Waals surface area contributed by atoms with Gasteiger partial charge in [0.1, 0.15) is 11.9 Å². The van der Waals surface area contributed by atoms with Crippen LogP contribution >= 0.6 is 0 Å². The van der Waals surface area contributed by atoms with E-state index in [1.165, 1.54) is 0 Å². The number of sulfonamides is 1. The van der Waals surface area contributed by atoms with E-state index in [9.17, 15) is 18.5 Å². The number of benzene rings is 2. The van der Waals surface area contributed by atoms with E-state index in [-0.39, 0.29) is 30.7 Å². The third-order valence-electron chi connectivity index (χ3n) is 5.52. The summed E-state index contributed by atoms with van der Waals surface area (Å²) in [6.45, 7) is -0.266. The molecule has 1 amide bonds. The third kappa shape index (κ3) is 6.70. The van der Waals surface area contributed by atoms with Crippen molar-refractivity contribution < 1.29 is 18.3 Å². The van der Waals surface area contributed by atoms with Crippen molar-refractivity contribution in [1.82, 2.24) is 14.7 Å². The molecule has 3 N–H and O–H groups in total. The summed E-state index contributed by atoms with van der Waals surface area (Å²) < 4.78 is 26.3. The molecular formula is C25H25N5O4S. The summed E-state index contributed by atoms with van der Waals surface area (Å²) in [5.74, 6) is 0.408. The highest BCUT2D eigenvalue weighted by atomic mass is 32.2. The van der Waals surface area contributed by atoms with Gasteiger partial charge in [0.25, 0.3) is 0 Å².